The van der Waals surface area contributed by atoms with E-state index in [1.54, 1.807) is 29.2 Å². The Balaban J connectivity index is 1.57. The summed E-state index contributed by atoms with van der Waals surface area (Å²) in [7, 11) is 0. The number of halogens is 1. The molecule has 3 rings (SSSR count). The van der Waals surface area contributed by atoms with Gasteiger partial charge in [-0.3, -0.25) is 9.59 Å². The Labute approximate surface area is 139 Å². The molecule has 0 atom stereocenters. The number of benzene rings is 1. The highest BCUT2D eigenvalue weighted by atomic mass is 19.1. The van der Waals surface area contributed by atoms with Crippen LogP contribution in [0.25, 0.3) is 0 Å². The minimum atomic E-state index is -0.445. The van der Waals surface area contributed by atoms with Crippen LogP contribution in [0.2, 0.25) is 0 Å². The molecule has 1 aromatic heterocycles. The van der Waals surface area contributed by atoms with Crippen molar-refractivity contribution in [2.45, 2.75) is 19.8 Å². The Kier molecular flexibility index (Phi) is 4.64. The largest absolute Gasteiger partial charge is 0.459 e. The smallest absolute Gasteiger partial charge is 0.289 e. The third-order valence-electron chi connectivity index (χ3n) is 4.26. The maximum Gasteiger partial charge on any atom is 0.289 e. The number of aryl methyl sites for hydroxylation is 1. The lowest BCUT2D eigenvalue weighted by Gasteiger charge is -2.30. The second-order valence-corrected chi connectivity index (χ2v) is 6.02. The normalized spacial score (nSPS) is 15.3. The van der Waals surface area contributed by atoms with Crippen molar-refractivity contribution in [1.29, 1.82) is 0 Å². The molecule has 2 heterocycles. The molecular formula is C18H19FN2O3. The number of carbonyl (C=O) groups excluding carboxylic acids is 2. The number of rotatable bonds is 3. The quantitative estimate of drug-likeness (QED) is 0.940. The molecule has 1 aliphatic heterocycles. The van der Waals surface area contributed by atoms with Crippen molar-refractivity contribution in [3.63, 3.8) is 0 Å². The second kappa shape index (κ2) is 6.86. The lowest BCUT2D eigenvalue weighted by Crippen LogP contribution is -2.41. The van der Waals surface area contributed by atoms with Crippen molar-refractivity contribution in [2.75, 3.05) is 18.4 Å². The number of hydrogen-bond acceptors (Lipinski definition) is 3. The van der Waals surface area contributed by atoms with E-state index in [0.717, 1.165) is 5.56 Å². The molecule has 0 bridgehead atoms. The summed E-state index contributed by atoms with van der Waals surface area (Å²) in [5.74, 6) is -0.738. The molecule has 0 aliphatic carbocycles. The Morgan fingerprint density at radius 2 is 2.00 bits per heavy atom. The van der Waals surface area contributed by atoms with E-state index in [1.165, 1.54) is 12.3 Å². The van der Waals surface area contributed by atoms with E-state index in [9.17, 15) is 14.0 Å². The van der Waals surface area contributed by atoms with Gasteiger partial charge in [-0.05, 0) is 49.6 Å². The van der Waals surface area contributed by atoms with Gasteiger partial charge in [-0.1, -0.05) is 6.07 Å². The van der Waals surface area contributed by atoms with Crippen molar-refractivity contribution in [3.05, 3.63) is 53.7 Å². The molecule has 126 valence electrons. The number of anilines is 1. The number of amides is 2. The first-order chi connectivity index (χ1) is 11.5. The highest BCUT2D eigenvalue weighted by Crippen LogP contribution is 2.22. The van der Waals surface area contributed by atoms with E-state index in [1.807, 2.05) is 6.92 Å². The topological polar surface area (TPSA) is 62.6 Å². The van der Waals surface area contributed by atoms with Crippen LogP contribution in [0.5, 0.6) is 0 Å². The Morgan fingerprint density at radius 3 is 2.67 bits per heavy atom. The van der Waals surface area contributed by atoms with Crippen LogP contribution in [-0.2, 0) is 4.79 Å². The van der Waals surface area contributed by atoms with E-state index in [-0.39, 0.29) is 23.4 Å². The number of likely N-dealkylation sites (tertiary alicyclic amines) is 1. The molecule has 0 radical (unpaired) electrons. The minimum Gasteiger partial charge on any atom is -0.459 e. The molecule has 1 fully saturated rings. The lowest BCUT2D eigenvalue weighted by molar-refractivity contribution is -0.121. The van der Waals surface area contributed by atoms with Gasteiger partial charge < -0.3 is 14.6 Å². The SMILES string of the molecule is Cc1ccc(F)c(NC(=O)C2CCN(C(=O)c3ccco3)CC2)c1. The van der Waals surface area contributed by atoms with E-state index < -0.39 is 5.82 Å². The van der Waals surface area contributed by atoms with E-state index in [0.29, 0.717) is 31.7 Å². The number of piperidine rings is 1. The predicted molar refractivity (Wildman–Crippen MR) is 87.1 cm³/mol. The maximum atomic E-state index is 13.7. The van der Waals surface area contributed by atoms with Crippen molar-refractivity contribution < 1.29 is 18.4 Å². The minimum absolute atomic E-state index is 0.163. The third-order valence-corrected chi connectivity index (χ3v) is 4.26. The zero-order chi connectivity index (χ0) is 17.1. The molecule has 0 unspecified atom stereocenters. The van der Waals surface area contributed by atoms with Crippen molar-refractivity contribution in [1.82, 2.24) is 4.90 Å². The van der Waals surface area contributed by atoms with Gasteiger partial charge in [0.15, 0.2) is 5.76 Å². The van der Waals surface area contributed by atoms with Gasteiger partial charge in [0.05, 0.1) is 12.0 Å². The molecular weight excluding hydrogens is 311 g/mol. The summed E-state index contributed by atoms with van der Waals surface area (Å²) in [4.78, 5) is 26.2. The van der Waals surface area contributed by atoms with Crippen LogP contribution in [0.3, 0.4) is 0 Å². The molecule has 0 saturated carbocycles. The number of furan rings is 1. The summed E-state index contributed by atoms with van der Waals surface area (Å²) in [6, 6.07) is 7.91. The second-order valence-electron chi connectivity index (χ2n) is 6.02. The van der Waals surface area contributed by atoms with Gasteiger partial charge in [-0.25, -0.2) is 4.39 Å². The first kappa shape index (κ1) is 16.2. The number of carbonyl (C=O) groups is 2. The van der Waals surface area contributed by atoms with Gasteiger partial charge in [-0.15, -0.1) is 0 Å². The molecule has 1 aliphatic rings. The van der Waals surface area contributed by atoms with Gasteiger partial charge in [0.25, 0.3) is 5.91 Å². The number of nitrogens with one attached hydrogen (secondary N) is 1. The summed E-state index contributed by atoms with van der Waals surface area (Å²) in [5, 5.41) is 2.66. The molecule has 1 aromatic carbocycles. The van der Waals surface area contributed by atoms with Gasteiger partial charge in [0, 0.05) is 19.0 Å². The highest BCUT2D eigenvalue weighted by Gasteiger charge is 2.29. The van der Waals surface area contributed by atoms with Crippen LogP contribution < -0.4 is 5.32 Å². The fraction of sp³-hybridized carbons (Fsp3) is 0.333. The van der Waals surface area contributed by atoms with Crippen LogP contribution in [0.15, 0.2) is 41.0 Å². The average molecular weight is 330 g/mol. The van der Waals surface area contributed by atoms with Gasteiger partial charge in [-0.2, -0.15) is 0 Å². The molecule has 5 nitrogen and oxygen atoms in total. The number of nitrogens with zero attached hydrogens (tertiary/aromatic N) is 1. The molecule has 1 N–H and O–H groups in total. The highest BCUT2D eigenvalue weighted by molar-refractivity contribution is 5.94. The zero-order valence-corrected chi connectivity index (χ0v) is 13.4. The van der Waals surface area contributed by atoms with E-state index >= 15 is 0 Å². The van der Waals surface area contributed by atoms with Crippen LogP contribution >= 0.6 is 0 Å². The summed E-state index contributed by atoms with van der Waals surface area (Å²) in [6.45, 7) is 2.80. The summed E-state index contributed by atoms with van der Waals surface area (Å²) >= 11 is 0. The lowest BCUT2D eigenvalue weighted by atomic mass is 9.95. The molecule has 0 spiro atoms. The first-order valence-electron chi connectivity index (χ1n) is 7.94. The molecule has 24 heavy (non-hydrogen) atoms. The van der Waals surface area contributed by atoms with Crippen molar-refractivity contribution >= 4 is 17.5 Å². The molecule has 6 heteroatoms. The molecule has 2 aromatic rings. The summed E-state index contributed by atoms with van der Waals surface area (Å²) in [5.41, 5.74) is 1.08. The van der Waals surface area contributed by atoms with Gasteiger partial charge in [0.1, 0.15) is 5.82 Å². The van der Waals surface area contributed by atoms with Crippen LogP contribution in [0.1, 0.15) is 29.0 Å². The molecule has 2 amide bonds. The van der Waals surface area contributed by atoms with Gasteiger partial charge >= 0.3 is 0 Å². The van der Waals surface area contributed by atoms with Crippen molar-refractivity contribution in [3.8, 4) is 0 Å². The van der Waals surface area contributed by atoms with Crippen LogP contribution in [-0.4, -0.2) is 29.8 Å². The zero-order valence-electron chi connectivity index (χ0n) is 13.4. The Morgan fingerprint density at radius 1 is 1.25 bits per heavy atom. The van der Waals surface area contributed by atoms with Crippen molar-refractivity contribution in [2.24, 2.45) is 5.92 Å². The number of hydrogen-bond donors (Lipinski definition) is 1. The molecule has 1 saturated heterocycles. The average Bonchev–Trinajstić information content (AvgIpc) is 3.12. The maximum absolute atomic E-state index is 13.7. The standard InChI is InChI=1S/C18H19FN2O3/c1-12-4-5-14(19)15(11-12)20-17(22)13-6-8-21(9-7-13)18(23)16-3-2-10-24-16/h2-5,10-11,13H,6-9H2,1H3,(H,20,22). The van der Waals surface area contributed by atoms with E-state index in [2.05, 4.69) is 5.32 Å². The van der Waals surface area contributed by atoms with E-state index in [4.69, 9.17) is 4.42 Å². The Hall–Kier alpha value is -2.63. The third kappa shape index (κ3) is 3.48. The first-order valence-corrected chi connectivity index (χ1v) is 7.94. The van der Waals surface area contributed by atoms with Gasteiger partial charge in [0.2, 0.25) is 5.91 Å². The monoisotopic (exact) mass is 330 g/mol. The predicted octanol–water partition coefficient (Wildman–Crippen LogP) is 3.22. The Bertz CT molecular complexity index is 735. The summed E-state index contributed by atoms with van der Waals surface area (Å²) < 4.78 is 18.9. The van der Waals surface area contributed by atoms with Crippen LogP contribution in [0, 0.1) is 18.7 Å². The van der Waals surface area contributed by atoms with Crippen LogP contribution in [0.4, 0.5) is 10.1 Å². The fourth-order valence-corrected chi connectivity index (χ4v) is 2.87. The summed E-state index contributed by atoms with van der Waals surface area (Å²) in [6.07, 6.45) is 2.56. The fourth-order valence-electron chi connectivity index (χ4n) is 2.87.